The van der Waals surface area contributed by atoms with E-state index in [1.807, 2.05) is 0 Å². The molecule has 1 N–H and O–H groups in total. The highest BCUT2D eigenvalue weighted by Crippen LogP contribution is 2.12. The number of hydrogen-bond donors (Lipinski definition) is 1. The lowest BCUT2D eigenvalue weighted by atomic mass is 10.1. The summed E-state index contributed by atoms with van der Waals surface area (Å²) in [5, 5.41) is 9.47. The molecule has 0 aromatic heterocycles. The van der Waals surface area contributed by atoms with Crippen molar-refractivity contribution in [3.05, 3.63) is 0 Å². The number of unbranched alkanes of at least 4 members (excludes halogenated alkanes) is 16. The van der Waals surface area contributed by atoms with Crippen LogP contribution < -0.4 is 0 Å². The Hall–Kier alpha value is -0.130. The standard InChI is InChI=1S/C25H52O4S/c1-3-5-7-9-11-13-14-15-17-19-21-29-25(23-26)24-30(27,28)22-20-18-16-12-10-8-6-4-2/h25-26H,3-24H2,1-2H3. The van der Waals surface area contributed by atoms with E-state index in [-0.39, 0.29) is 18.1 Å². The molecular formula is C25H52O4S. The molecule has 0 saturated carbocycles. The number of rotatable bonds is 24. The molecule has 0 aromatic carbocycles. The van der Waals surface area contributed by atoms with Gasteiger partial charge in [-0.3, -0.25) is 0 Å². The summed E-state index contributed by atoms with van der Waals surface area (Å²) in [6.45, 7) is 4.80. The minimum absolute atomic E-state index is 0.0439. The summed E-state index contributed by atoms with van der Waals surface area (Å²) in [5.74, 6) is 0.178. The summed E-state index contributed by atoms with van der Waals surface area (Å²) in [6.07, 6.45) is 21.2. The van der Waals surface area contributed by atoms with Crippen LogP contribution in [0.5, 0.6) is 0 Å². The Morgan fingerprint density at radius 1 is 0.633 bits per heavy atom. The Bertz CT molecular complexity index is 436. The van der Waals surface area contributed by atoms with Gasteiger partial charge in [-0.25, -0.2) is 8.42 Å². The summed E-state index contributed by atoms with van der Waals surface area (Å²) < 4.78 is 30.2. The van der Waals surface area contributed by atoms with Gasteiger partial charge in [-0.1, -0.05) is 117 Å². The zero-order valence-corrected chi connectivity index (χ0v) is 21.0. The average molecular weight is 449 g/mol. The van der Waals surface area contributed by atoms with Gasteiger partial charge in [0.1, 0.15) is 0 Å². The van der Waals surface area contributed by atoms with Crippen LogP contribution in [0.25, 0.3) is 0 Å². The van der Waals surface area contributed by atoms with Gasteiger partial charge in [0.05, 0.1) is 24.2 Å². The zero-order chi connectivity index (χ0) is 22.3. The first-order valence-corrected chi connectivity index (χ1v) is 14.8. The van der Waals surface area contributed by atoms with E-state index in [0.29, 0.717) is 6.61 Å². The van der Waals surface area contributed by atoms with Crippen LogP contribution in [0.2, 0.25) is 0 Å². The second-order valence-corrected chi connectivity index (χ2v) is 11.2. The molecule has 1 atom stereocenters. The lowest BCUT2D eigenvalue weighted by molar-refractivity contribution is 0.0250. The second-order valence-electron chi connectivity index (χ2n) is 8.95. The molecular weight excluding hydrogens is 396 g/mol. The molecule has 0 rings (SSSR count). The molecule has 0 heterocycles. The normalized spacial score (nSPS) is 13.0. The van der Waals surface area contributed by atoms with Crippen molar-refractivity contribution in [2.24, 2.45) is 0 Å². The van der Waals surface area contributed by atoms with Gasteiger partial charge in [0.2, 0.25) is 0 Å². The maximum atomic E-state index is 12.3. The fraction of sp³-hybridized carbons (Fsp3) is 1.00. The van der Waals surface area contributed by atoms with Crippen molar-refractivity contribution in [1.82, 2.24) is 0 Å². The van der Waals surface area contributed by atoms with Crippen molar-refractivity contribution in [2.75, 3.05) is 24.7 Å². The quantitative estimate of drug-likeness (QED) is 0.164. The van der Waals surface area contributed by atoms with Crippen LogP contribution in [0.3, 0.4) is 0 Å². The first-order chi connectivity index (χ1) is 14.6. The fourth-order valence-electron chi connectivity index (χ4n) is 3.82. The molecule has 5 heteroatoms. The van der Waals surface area contributed by atoms with E-state index in [1.54, 1.807) is 0 Å². The predicted molar refractivity (Wildman–Crippen MR) is 130 cm³/mol. The molecule has 0 aliphatic heterocycles. The summed E-state index contributed by atoms with van der Waals surface area (Å²) >= 11 is 0. The molecule has 0 saturated heterocycles. The van der Waals surface area contributed by atoms with Crippen LogP contribution in [0, 0.1) is 0 Å². The Balaban J connectivity index is 3.65. The van der Waals surface area contributed by atoms with Gasteiger partial charge in [-0.2, -0.15) is 0 Å². The van der Waals surface area contributed by atoms with Gasteiger partial charge in [0.15, 0.2) is 9.84 Å². The predicted octanol–water partition coefficient (Wildman–Crippen LogP) is 6.84. The summed E-state index contributed by atoms with van der Waals surface area (Å²) in [4.78, 5) is 0. The van der Waals surface area contributed by atoms with Crippen molar-refractivity contribution < 1.29 is 18.3 Å². The number of aliphatic hydroxyl groups is 1. The van der Waals surface area contributed by atoms with Crippen molar-refractivity contribution >= 4 is 9.84 Å². The van der Waals surface area contributed by atoms with E-state index in [9.17, 15) is 13.5 Å². The molecule has 0 amide bonds. The first-order valence-electron chi connectivity index (χ1n) is 13.0. The van der Waals surface area contributed by atoms with Crippen molar-refractivity contribution in [1.29, 1.82) is 0 Å². The third-order valence-electron chi connectivity index (χ3n) is 5.80. The van der Waals surface area contributed by atoms with Crippen LogP contribution in [0.15, 0.2) is 0 Å². The van der Waals surface area contributed by atoms with Gasteiger partial charge in [0.25, 0.3) is 0 Å². The van der Waals surface area contributed by atoms with Crippen molar-refractivity contribution in [3.8, 4) is 0 Å². The van der Waals surface area contributed by atoms with Crippen LogP contribution in [-0.2, 0) is 14.6 Å². The first kappa shape index (κ1) is 29.9. The van der Waals surface area contributed by atoms with E-state index in [4.69, 9.17) is 4.74 Å². The van der Waals surface area contributed by atoms with Gasteiger partial charge < -0.3 is 9.84 Å². The van der Waals surface area contributed by atoms with E-state index in [0.717, 1.165) is 32.1 Å². The molecule has 0 aliphatic rings. The highest BCUT2D eigenvalue weighted by Gasteiger charge is 2.19. The van der Waals surface area contributed by atoms with E-state index >= 15 is 0 Å². The van der Waals surface area contributed by atoms with Gasteiger partial charge in [-0.05, 0) is 12.8 Å². The Labute approximate surface area is 188 Å². The molecule has 182 valence electrons. The third kappa shape index (κ3) is 21.1. The monoisotopic (exact) mass is 448 g/mol. The Morgan fingerprint density at radius 3 is 1.47 bits per heavy atom. The lowest BCUT2D eigenvalue weighted by Gasteiger charge is -2.15. The van der Waals surface area contributed by atoms with Crippen LogP contribution in [0.1, 0.15) is 129 Å². The molecule has 0 aromatic rings. The van der Waals surface area contributed by atoms with Crippen LogP contribution in [0.4, 0.5) is 0 Å². The van der Waals surface area contributed by atoms with Crippen LogP contribution in [-0.4, -0.2) is 44.3 Å². The number of sulfone groups is 1. The fourth-order valence-corrected chi connectivity index (χ4v) is 5.39. The smallest absolute Gasteiger partial charge is 0.152 e. The van der Waals surface area contributed by atoms with Gasteiger partial charge in [-0.15, -0.1) is 0 Å². The molecule has 0 radical (unpaired) electrons. The number of hydrogen-bond acceptors (Lipinski definition) is 4. The topological polar surface area (TPSA) is 63.6 Å². The minimum atomic E-state index is -3.14. The molecule has 1 unspecified atom stereocenters. The van der Waals surface area contributed by atoms with Gasteiger partial charge >= 0.3 is 0 Å². The lowest BCUT2D eigenvalue weighted by Crippen LogP contribution is -2.29. The summed E-state index contributed by atoms with van der Waals surface area (Å²) in [6, 6.07) is 0. The molecule has 0 spiro atoms. The molecule has 30 heavy (non-hydrogen) atoms. The third-order valence-corrected chi connectivity index (χ3v) is 7.59. The Morgan fingerprint density at radius 2 is 1.03 bits per heavy atom. The molecule has 0 fully saturated rings. The highest BCUT2D eigenvalue weighted by molar-refractivity contribution is 7.91. The zero-order valence-electron chi connectivity index (χ0n) is 20.2. The molecule has 0 bridgehead atoms. The maximum Gasteiger partial charge on any atom is 0.152 e. The SMILES string of the molecule is CCCCCCCCCCCCOC(CO)CS(=O)(=O)CCCCCCCCCC. The van der Waals surface area contributed by atoms with Crippen LogP contribution >= 0.6 is 0 Å². The van der Waals surface area contributed by atoms with Crippen molar-refractivity contribution in [2.45, 2.75) is 136 Å². The molecule has 0 aliphatic carbocycles. The van der Waals surface area contributed by atoms with Gasteiger partial charge in [0, 0.05) is 6.61 Å². The summed E-state index contributed by atoms with van der Waals surface area (Å²) in [7, 11) is -3.14. The minimum Gasteiger partial charge on any atom is -0.394 e. The number of ether oxygens (including phenoxy) is 1. The maximum absolute atomic E-state index is 12.3. The van der Waals surface area contributed by atoms with E-state index in [2.05, 4.69) is 13.8 Å². The molecule has 4 nitrogen and oxygen atoms in total. The largest absolute Gasteiger partial charge is 0.394 e. The average Bonchev–Trinajstić information content (AvgIpc) is 2.73. The number of aliphatic hydroxyl groups excluding tert-OH is 1. The Kier molecular flexibility index (Phi) is 22.0. The summed E-state index contributed by atoms with van der Waals surface area (Å²) in [5.41, 5.74) is 0. The van der Waals surface area contributed by atoms with Crippen molar-refractivity contribution in [3.63, 3.8) is 0 Å². The second kappa shape index (κ2) is 22.1. The van der Waals surface area contributed by atoms with E-state index < -0.39 is 15.9 Å². The van der Waals surface area contributed by atoms with E-state index in [1.165, 1.54) is 83.5 Å². The highest BCUT2D eigenvalue weighted by atomic mass is 32.2.